The molecule has 2 atom stereocenters. The number of amides is 1. The van der Waals surface area contributed by atoms with E-state index >= 15 is 0 Å². The largest absolute Gasteiger partial charge is 0.367 e. The van der Waals surface area contributed by atoms with Gasteiger partial charge in [0.05, 0.1) is 16.9 Å². The lowest BCUT2D eigenvalue weighted by atomic mass is 9.87. The lowest BCUT2D eigenvalue weighted by molar-refractivity contribution is -0.130. The van der Waals surface area contributed by atoms with E-state index in [1.54, 1.807) is 6.20 Å². The molecule has 2 aromatic rings. The van der Waals surface area contributed by atoms with Crippen molar-refractivity contribution in [2.45, 2.75) is 32.9 Å². The van der Waals surface area contributed by atoms with E-state index in [1.807, 2.05) is 54.2 Å². The van der Waals surface area contributed by atoms with Crippen LogP contribution in [0.1, 0.15) is 42.0 Å². The average Bonchev–Trinajstić information content (AvgIpc) is 3.16. The fourth-order valence-corrected chi connectivity index (χ4v) is 4.99. The molecule has 2 unspecified atom stereocenters. The van der Waals surface area contributed by atoms with Gasteiger partial charge >= 0.3 is 0 Å². The van der Waals surface area contributed by atoms with Gasteiger partial charge in [0, 0.05) is 30.3 Å². The van der Waals surface area contributed by atoms with Crippen LogP contribution in [0.3, 0.4) is 0 Å². The van der Waals surface area contributed by atoms with Crippen LogP contribution in [-0.4, -0.2) is 39.4 Å². The highest BCUT2D eigenvalue weighted by Gasteiger charge is 2.32. The van der Waals surface area contributed by atoms with Crippen LogP contribution in [0.15, 0.2) is 48.7 Å². The number of hydrogen-bond acceptors (Lipinski definition) is 6. The molecule has 5 N–H and O–H groups in total. The lowest BCUT2D eigenvalue weighted by Gasteiger charge is -2.27. The van der Waals surface area contributed by atoms with Gasteiger partial charge < -0.3 is 15.6 Å². The van der Waals surface area contributed by atoms with Crippen LogP contribution in [-0.2, 0) is 11.2 Å². The first kappa shape index (κ1) is 22.2. The minimum Gasteiger partial charge on any atom is -0.367 e. The zero-order valence-electron chi connectivity index (χ0n) is 18.4. The number of para-hydroxylation sites is 1. The summed E-state index contributed by atoms with van der Waals surface area (Å²) in [6, 6.07) is 9.83. The molecule has 168 valence electrons. The second kappa shape index (κ2) is 9.67. The van der Waals surface area contributed by atoms with E-state index in [0.717, 1.165) is 56.8 Å². The minimum absolute atomic E-state index is 0.160. The van der Waals surface area contributed by atoms with E-state index in [0.29, 0.717) is 12.3 Å². The van der Waals surface area contributed by atoms with Gasteiger partial charge in [-0.15, -0.1) is 0 Å². The number of H-pyrrole nitrogens is 1. The number of rotatable bonds is 7. The molecule has 0 radical (unpaired) electrons. The number of carbonyl (C=O) groups excluding carboxylic acids is 2. The summed E-state index contributed by atoms with van der Waals surface area (Å²) < 4.78 is 0. The van der Waals surface area contributed by atoms with Crippen molar-refractivity contribution >= 4 is 40.4 Å². The Morgan fingerprint density at radius 3 is 2.78 bits per heavy atom. The van der Waals surface area contributed by atoms with E-state index in [4.69, 9.17) is 5.84 Å². The summed E-state index contributed by atoms with van der Waals surface area (Å²) in [5.74, 6) is 8.21. The summed E-state index contributed by atoms with van der Waals surface area (Å²) in [5.41, 5.74) is 5.09. The number of thioether (sulfide) groups is 1. The fraction of sp³-hybridized carbons (Fsp3) is 0.333. The number of nitrogens with one attached hydrogen (secondary N) is 3. The molecule has 1 amide bonds. The van der Waals surface area contributed by atoms with E-state index in [1.165, 1.54) is 6.92 Å². The van der Waals surface area contributed by atoms with Crippen molar-refractivity contribution in [3.8, 4) is 0 Å². The van der Waals surface area contributed by atoms with Crippen molar-refractivity contribution in [2.75, 3.05) is 16.8 Å². The van der Waals surface area contributed by atoms with Crippen molar-refractivity contribution in [1.82, 2.24) is 15.3 Å². The molecular formula is C24H29N5O2S. The number of allylic oxidation sites excluding steroid dienone is 2. The van der Waals surface area contributed by atoms with Crippen molar-refractivity contribution < 1.29 is 9.59 Å². The number of fused-ring (bicyclic) bond motifs is 1. The van der Waals surface area contributed by atoms with E-state index in [-0.39, 0.29) is 11.7 Å². The van der Waals surface area contributed by atoms with E-state index in [9.17, 15) is 9.59 Å². The van der Waals surface area contributed by atoms with Crippen LogP contribution in [0, 0.1) is 5.92 Å². The van der Waals surface area contributed by atoms with Gasteiger partial charge in [0.25, 0.3) is 0 Å². The minimum atomic E-state index is -0.471. The molecule has 0 fully saturated rings. The first-order chi connectivity index (χ1) is 15.5. The third-order valence-corrected chi connectivity index (χ3v) is 6.86. The lowest BCUT2D eigenvalue weighted by Crippen LogP contribution is -2.50. The number of dihydropyridines is 1. The first-order valence-corrected chi connectivity index (χ1v) is 12.0. The molecule has 0 spiro atoms. The summed E-state index contributed by atoms with van der Waals surface area (Å²) in [5, 5.41) is 7.71. The summed E-state index contributed by atoms with van der Waals surface area (Å²) in [4.78, 5) is 28.5. The number of carbonyl (C=O) groups is 2. The van der Waals surface area contributed by atoms with Gasteiger partial charge in [-0.1, -0.05) is 25.1 Å². The maximum atomic E-state index is 13.2. The fourth-order valence-electron chi connectivity index (χ4n) is 4.18. The Morgan fingerprint density at radius 1 is 1.28 bits per heavy atom. The van der Waals surface area contributed by atoms with Gasteiger partial charge in [-0.05, 0) is 54.3 Å². The number of anilines is 2. The predicted octanol–water partition coefficient (Wildman–Crippen LogP) is 3.81. The highest BCUT2D eigenvalue weighted by molar-refractivity contribution is 7.99. The molecular weight excluding hydrogens is 422 g/mol. The molecule has 0 saturated carbocycles. The monoisotopic (exact) mass is 451 g/mol. The van der Waals surface area contributed by atoms with Crippen molar-refractivity contribution in [1.29, 1.82) is 0 Å². The summed E-state index contributed by atoms with van der Waals surface area (Å²) in [7, 11) is 0. The maximum absolute atomic E-state index is 13.2. The van der Waals surface area contributed by atoms with Gasteiger partial charge in [-0.25, -0.2) is 5.84 Å². The van der Waals surface area contributed by atoms with Gasteiger partial charge in [-0.2, -0.15) is 11.8 Å². The predicted molar refractivity (Wildman–Crippen MR) is 130 cm³/mol. The first-order valence-electron chi connectivity index (χ1n) is 10.8. The number of nitrogens with two attached hydrogens (primary N) is 1. The molecule has 1 aliphatic heterocycles. The number of aromatic amines is 1. The van der Waals surface area contributed by atoms with Gasteiger partial charge in [0.1, 0.15) is 6.17 Å². The number of ketones is 1. The number of Topliss-reactive ketones (excluding diaryl/α,β-unsaturated/α-hetero) is 1. The normalized spacial score (nSPS) is 19.7. The standard InChI is InChI=1S/C24H29N5O2S/c1-3-32-14-16-11-19-22(20(31)12-16)24(27-18-7-5-4-6-8-18)23(28-19)17-9-10-26-21(13-17)29(25)15(2)30/h4-10,13,16,21,26-28H,3,11-12,14,25H2,1-2H3. The van der Waals surface area contributed by atoms with Crippen LogP contribution in [0.25, 0.3) is 5.57 Å². The van der Waals surface area contributed by atoms with Gasteiger partial charge in [0.2, 0.25) is 5.91 Å². The van der Waals surface area contributed by atoms with Crippen LogP contribution >= 0.6 is 11.8 Å². The summed E-state index contributed by atoms with van der Waals surface area (Å²) in [6.45, 7) is 3.57. The number of nitrogens with zero attached hydrogens (tertiary/aromatic N) is 1. The summed E-state index contributed by atoms with van der Waals surface area (Å²) in [6.07, 6.45) is 6.52. The van der Waals surface area contributed by atoms with Crippen LogP contribution in [0.2, 0.25) is 0 Å². The quantitative estimate of drug-likeness (QED) is 0.290. The zero-order valence-corrected chi connectivity index (χ0v) is 19.2. The molecule has 32 heavy (non-hydrogen) atoms. The Bertz CT molecular complexity index is 1060. The highest BCUT2D eigenvalue weighted by Crippen LogP contribution is 2.39. The molecule has 1 aliphatic carbocycles. The molecule has 8 heteroatoms. The molecule has 4 rings (SSSR count). The van der Waals surface area contributed by atoms with Crippen molar-refractivity contribution in [3.63, 3.8) is 0 Å². The molecule has 2 heterocycles. The molecule has 2 aliphatic rings. The topological polar surface area (TPSA) is 103 Å². The Kier molecular flexibility index (Phi) is 6.72. The number of benzene rings is 1. The molecule has 1 aromatic carbocycles. The van der Waals surface area contributed by atoms with Gasteiger partial charge in [-0.3, -0.25) is 14.6 Å². The second-order valence-corrected chi connectivity index (χ2v) is 9.39. The maximum Gasteiger partial charge on any atom is 0.235 e. The third-order valence-electron chi connectivity index (χ3n) is 5.74. The van der Waals surface area contributed by atoms with Crippen LogP contribution < -0.4 is 16.5 Å². The smallest absolute Gasteiger partial charge is 0.235 e. The molecule has 0 saturated heterocycles. The third kappa shape index (κ3) is 4.61. The Balaban J connectivity index is 1.75. The van der Waals surface area contributed by atoms with E-state index < -0.39 is 6.17 Å². The van der Waals surface area contributed by atoms with Crippen LogP contribution in [0.4, 0.5) is 11.4 Å². The Hall–Kier alpha value is -2.97. The highest BCUT2D eigenvalue weighted by atomic mass is 32.2. The van der Waals surface area contributed by atoms with Crippen LogP contribution in [0.5, 0.6) is 0 Å². The number of hydrogen-bond donors (Lipinski definition) is 4. The zero-order chi connectivity index (χ0) is 22.7. The molecule has 7 nitrogen and oxygen atoms in total. The average molecular weight is 452 g/mol. The van der Waals surface area contributed by atoms with Gasteiger partial charge in [0.15, 0.2) is 5.78 Å². The second-order valence-electron chi connectivity index (χ2n) is 8.07. The van der Waals surface area contributed by atoms with E-state index in [2.05, 4.69) is 22.5 Å². The SMILES string of the molecule is CCSCC1CC(=O)c2c([nH]c(C3=CC(N(N)C(C)=O)NC=C3)c2Nc2ccccc2)C1. The summed E-state index contributed by atoms with van der Waals surface area (Å²) >= 11 is 1.88. The number of hydrazine groups is 1. The number of aromatic nitrogens is 1. The molecule has 0 bridgehead atoms. The Labute approximate surface area is 192 Å². The van der Waals surface area contributed by atoms with Crippen molar-refractivity contribution in [2.24, 2.45) is 11.8 Å². The van der Waals surface area contributed by atoms with Crippen molar-refractivity contribution in [3.05, 3.63) is 65.6 Å². The Morgan fingerprint density at radius 2 is 2.06 bits per heavy atom. The molecule has 1 aromatic heterocycles.